The average Bonchev–Trinajstić information content (AvgIpc) is 2.71. The molecule has 0 radical (unpaired) electrons. The van der Waals surface area contributed by atoms with Crippen molar-refractivity contribution in [2.24, 2.45) is 11.8 Å². The summed E-state index contributed by atoms with van der Waals surface area (Å²) in [4.78, 5) is 11.4. The molecule has 6 heteroatoms. The molecule has 2 saturated heterocycles. The van der Waals surface area contributed by atoms with Crippen LogP contribution in [0.1, 0.15) is 13.3 Å². The minimum Gasteiger partial charge on any atom is -0.466 e. The summed E-state index contributed by atoms with van der Waals surface area (Å²) < 4.78 is 28.5. The van der Waals surface area contributed by atoms with Crippen molar-refractivity contribution in [1.29, 1.82) is 0 Å². The lowest BCUT2D eigenvalue weighted by Crippen LogP contribution is -2.22. The summed E-state index contributed by atoms with van der Waals surface area (Å²) >= 11 is 0. The standard InChI is InChI=1S/C10H17NO4S/c1-2-15-10(12)3-7-6-16(13,14)9-5-11-4-8(7)9/h7-9,11H,2-6H2,1H3/t7-,8+,9+/m1/s1. The third kappa shape index (κ3) is 2.08. The summed E-state index contributed by atoms with van der Waals surface area (Å²) in [5.41, 5.74) is 0. The van der Waals surface area contributed by atoms with Gasteiger partial charge in [0, 0.05) is 13.0 Å². The molecular formula is C10H17NO4S. The Hall–Kier alpha value is -0.620. The van der Waals surface area contributed by atoms with Gasteiger partial charge in [-0.25, -0.2) is 8.42 Å². The number of sulfone groups is 1. The molecule has 0 bridgehead atoms. The highest BCUT2D eigenvalue weighted by atomic mass is 32.2. The van der Waals surface area contributed by atoms with E-state index in [0.717, 1.165) is 0 Å². The van der Waals surface area contributed by atoms with Gasteiger partial charge in [-0.1, -0.05) is 0 Å². The fourth-order valence-electron chi connectivity index (χ4n) is 2.73. The van der Waals surface area contributed by atoms with Crippen LogP contribution in [0.3, 0.4) is 0 Å². The predicted molar refractivity (Wildman–Crippen MR) is 58.7 cm³/mol. The first-order valence-corrected chi connectivity index (χ1v) is 7.34. The predicted octanol–water partition coefficient (Wildman–Crippen LogP) is -0.428. The lowest BCUT2D eigenvalue weighted by molar-refractivity contribution is -0.144. The van der Waals surface area contributed by atoms with Crippen molar-refractivity contribution in [3.8, 4) is 0 Å². The second kappa shape index (κ2) is 4.33. The molecule has 2 rings (SSSR count). The smallest absolute Gasteiger partial charge is 0.306 e. The van der Waals surface area contributed by atoms with E-state index >= 15 is 0 Å². The molecule has 0 spiro atoms. The second-order valence-electron chi connectivity index (χ2n) is 4.46. The minimum atomic E-state index is -3.00. The van der Waals surface area contributed by atoms with Crippen LogP contribution in [0.25, 0.3) is 0 Å². The van der Waals surface area contributed by atoms with Crippen molar-refractivity contribution in [1.82, 2.24) is 5.32 Å². The molecule has 2 aliphatic rings. The van der Waals surface area contributed by atoms with E-state index in [1.807, 2.05) is 0 Å². The molecule has 2 aliphatic heterocycles. The molecule has 0 saturated carbocycles. The summed E-state index contributed by atoms with van der Waals surface area (Å²) in [6.45, 7) is 3.34. The van der Waals surface area contributed by atoms with Crippen LogP contribution < -0.4 is 5.32 Å². The Morgan fingerprint density at radius 3 is 2.88 bits per heavy atom. The largest absolute Gasteiger partial charge is 0.466 e. The first-order valence-electron chi connectivity index (χ1n) is 5.62. The number of nitrogens with one attached hydrogen (secondary N) is 1. The molecular weight excluding hydrogens is 230 g/mol. The van der Waals surface area contributed by atoms with Gasteiger partial charge in [0.05, 0.1) is 17.6 Å². The highest BCUT2D eigenvalue weighted by Crippen LogP contribution is 2.36. The number of carbonyl (C=O) groups is 1. The molecule has 0 aromatic carbocycles. The van der Waals surface area contributed by atoms with Crippen molar-refractivity contribution in [3.63, 3.8) is 0 Å². The number of ether oxygens (including phenoxy) is 1. The Morgan fingerprint density at radius 1 is 1.44 bits per heavy atom. The van der Waals surface area contributed by atoms with E-state index in [1.54, 1.807) is 6.92 Å². The zero-order valence-electron chi connectivity index (χ0n) is 9.31. The van der Waals surface area contributed by atoms with Gasteiger partial charge in [0.2, 0.25) is 0 Å². The Morgan fingerprint density at radius 2 is 2.19 bits per heavy atom. The van der Waals surface area contributed by atoms with Gasteiger partial charge in [-0.05, 0) is 25.3 Å². The molecule has 0 aromatic rings. The number of esters is 1. The van der Waals surface area contributed by atoms with Crippen LogP contribution >= 0.6 is 0 Å². The van der Waals surface area contributed by atoms with Crippen LogP contribution in [0.5, 0.6) is 0 Å². The van der Waals surface area contributed by atoms with Crippen molar-refractivity contribution in [3.05, 3.63) is 0 Å². The first kappa shape index (κ1) is 11.9. The fraction of sp³-hybridized carbons (Fsp3) is 0.900. The third-order valence-corrected chi connectivity index (χ3v) is 5.78. The highest BCUT2D eigenvalue weighted by Gasteiger charge is 2.49. The number of hydrogen-bond donors (Lipinski definition) is 1. The molecule has 0 aromatic heterocycles. The van der Waals surface area contributed by atoms with Crippen LogP contribution in [-0.4, -0.2) is 45.1 Å². The molecule has 5 nitrogen and oxygen atoms in total. The van der Waals surface area contributed by atoms with E-state index < -0.39 is 9.84 Å². The van der Waals surface area contributed by atoms with Gasteiger partial charge in [-0.2, -0.15) is 0 Å². The SMILES string of the molecule is CCOC(=O)C[C@@H]1CS(=O)(=O)[C@H]2CNC[C@@H]12. The Labute approximate surface area is 95.5 Å². The molecule has 1 N–H and O–H groups in total. The van der Waals surface area contributed by atoms with Crippen LogP contribution in [0.15, 0.2) is 0 Å². The van der Waals surface area contributed by atoms with Gasteiger partial charge >= 0.3 is 5.97 Å². The second-order valence-corrected chi connectivity index (χ2v) is 6.72. The van der Waals surface area contributed by atoms with Crippen molar-refractivity contribution < 1.29 is 17.9 Å². The van der Waals surface area contributed by atoms with Gasteiger partial charge in [-0.3, -0.25) is 4.79 Å². The zero-order chi connectivity index (χ0) is 11.8. The lowest BCUT2D eigenvalue weighted by atomic mass is 9.91. The van der Waals surface area contributed by atoms with Gasteiger partial charge in [0.1, 0.15) is 0 Å². The molecule has 2 heterocycles. The van der Waals surface area contributed by atoms with Gasteiger partial charge in [0.15, 0.2) is 9.84 Å². The van der Waals surface area contributed by atoms with E-state index in [4.69, 9.17) is 4.74 Å². The van der Waals surface area contributed by atoms with Crippen molar-refractivity contribution >= 4 is 15.8 Å². The maximum Gasteiger partial charge on any atom is 0.306 e. The summed E-state index contributed by atoms with van der Waals surface area (Å²) in [5, 5.41) is 2.80. The molecule has 16 heavy (non-hydrogen) atoms. The number of hydrogen-bond acceptors (Lipinski definition) is 5. The molecule has 0 aliphatic carbocycles. The normalized spacial score (nSPS) is 35.9. The van der Waals surface area contributed by atoms with Crippen molar-refractivity contribution in [2.75, 3.05) is 25.4 Å². The summed E-state index contributed by atoms with van der Waals surface area (Å²) in [7, 11) is -3.00. The monoisotopic (exact) mass is 247 g/mol. The topological polar surface area (TPSA) is 72.5 Å². The number of carbonyl (C=O) groups excluding carboxylic acids is 1. The number of fused-ring (bicyclic) bond motifs is 1. The van der Waals surface area contributed by atoms with Crippen LogP contribution in [-0.2, 0) is 19.4 Å². The average molecular weight is 247 g/mol. The number of rotatable bonds is 3. The van der Waals surface area contributed by atoms with E-state index in [0.29, 0.717) is 19.7 Å². The van der Waals surface area contributed by atoms with Crippen molar-refractivity contribution in [2.45, 2.75) is 18.6 Å². The third-order valence-electron chi connectivity index (χ3n) is 3.45. The minimum absolute atomic E-state index is 0.0657. The quantitative estimate of drug-likeness (QED) is 0.685. The summed E-state index contributed by atoms with van der Waals surface area (Å²) in [6.07, 6.45) is 0.232. The van der Waals surface area contributed by atoms with Crippen LogP contribution in [0, 0.1) is 11.8 Å². The van der Waals surface area contributed by atoms with E-state index in [9.17, 15) is 13.2 Å². The van der Waals surface area contributed by atoms with Gasteiger partial charge < -0.3 is 10.1 Å². The van der Waals surface area contributed by atoms with Gasteiger partial charge in [0.25, 0.3) is 0 Å². The van der Waals surface area contributed by atoms with E-state index in [2.05, 4.69) is 5.32 Å². The Bertz CT molecular complexity index is 378. The van der Waals surface area contributed by atoms with Crippen LogP contribution in [0.4, 0.5) is 0 Å². The van der Waals surface area contributed by atoms with Gasteiger partial charge in [-0.15, -0.1) is 0 Å². The zero-order valence-corrected chi connectivity index (χ0v) is 10.1. The van der Waals surface area contributed by atoms with E-state index in [-0.39, 0.29) is 35.2 Å². The molecule has 0 amide bonds. The summed E-state index contributed by atoms with van der Waals surface area (Å²) in [6, 6.07) is 0. The fourth-order valence-corrected chi connectivity index (χ4v) is 5.16. The lowest BCUT2D eigenvalue weighted by Gasteiger charge is -2.14. The summed E-state index contributed by atoms with van der Waals surface area (Å²) in [5.74, 6) is -0.114. The molecule has 92 valence electrons. The maximum atomic E-state index is 11.8. The van der Waals surface area contributed by atoms with E-state index in [1.165, 1.54) is 0 Å². The molecule has 3 atom stereocenters. The highest BCUT2D eigenvalue weighted by molar-refractivity contribution is 7.92. The molecule has 2 fully saturated rings. The maximum absolute atomic E-state index is 11.8. The first-order chi connectivity index (χ1) is 7.54. The Balaban J connectivity index is 2.04. The molecule has 0 unspecified atom stereocenters. The van der Waals surface area contributed by atoms with Crippen LogP contribution in [0.2, 0.25) is 0 Å². The Kier molecular flexibility index (Phi) is 3.21.